The molecule has 0 radical (unpaired) electrons. The van der Waals surface area contributed by atoms with Crippen molar-refractivity contribution in [3.05, 3.63) is 48.2 Å². The van der Waals surface area contributed by atoms with Gasteiger partial charge in [0.05, 0.1) is 0 Å². The third kappa shape index (κ3) is 13.8. The van der Waals surface area contributed by atoms with Gasteiger partial charge < -0.3 is 0 Å². The molecule has 0 aromatic rings. The largest absolute Gasteiger partial charge is 0.272 e. The molecule has 94 valence electrons. The molecule has 17 heavy (non-hydrogen) atoms. The molecule has 0 spiro atoms. The number of hydrogen-bond acceptors (Lipinski definition) is 1. The van der Waals surface area contributed by atoms with Crippen LogP contribution >= 0.6 is 7.05 Å². The monoisotopic (exact) mass is 285 g/mol. The zero-order chi connectivity index (χ0) is 12.4. The van der Waals surface area contributed by atoms with Gasteiger partial charge in [-0.1, -0.05) is 36.5 Å². The Kier molecular flexibility index (Phi) is 12.5. The van der Waals surface area contributed by atoms with E-state index < -0.39 is 7.05 Å². The van der Waals surface area contributed by atoms with Crippen LogP contribution < -0.4 is 0 Å². The molecule has 0 aromatic heterocycles. The van der Waals surface area contributed by atoms with Crippen LogP contribution in [0.2, 0.25) is 0 Å². The summed E-state index contributed by atoms with van der Waals surface area (Å²) < 4.78 is 4.62. The summed E-state index contributed by atoms with van der Waals surface area (Å²) in [6.45, 7) is 10.7. The Labute approximate surface area is 122 Å². The zero-order valence-electron chi connectivity index (χ0n) is 11.6. The van der Waals surface area contributed by atoms with Gasteiger partial charge in [0, 0.05) is 33.8 Å². The summed E-state index contributed by atoms with van der Waals surface area (Å²) in [5.74, 6) is 0. The minimum absolute atomic E-state index is 0. The van der Waals surface area contributed by atoms with Crippen LogP contribution in [0.1, 0.15) is 20.3 Å². The molecule has 0 N–H and O–H groups in total. The predicted octanol–water partition coefficient (Wildman–Crippen LogP) is 5.06. The minimum atomic E-state index is -0.948. The van der Waals surface area contributed by atoms with Gasteiger partial charge in [0.25, 0.3) is 0 Å². The fourth-order valence-corrected chi connectivity index (χ4v) is 2.04. The summed E-state index contributed by atoms with van der Waals surface area (Å²) in [6.07, 6.45) is 15.4. The Hall–Kier alpha value is -0.0957. The Bertz CT molecular complexity index is 338. The molecule has 0 fully saturated rings. The molecule has 0 unspecified atom stereocenters. The van der Waals surface area contributed by atoms with Crippen LogP contribution in [0.3, 0.4) is 0 Å². The fourth-order valence-electron chi connectivity index (χ4n) is 1.12. The summed E-state index contributed by atoms with van der Waals surface area (Å²) >= 11 is 0. The number of allylic oxidation sites excluding steroid dienone is 7. The first-order valence-corrected chi connectivity index (χ1v) is 8.72. The normalized spacial score (nSPS) is 14.3. The molecule has 1 aliphatic carbocycles. The third-order valence-corrected chi connectivity index (χ3v) is 2.53. The molecular formula is C14H24NPTi. The average Bonchev–Trinajstić information content (AvgIpc) is 2.65. The van der Waals surface area contributed by atoms with Gasteiger partial charge in [-0.15, -0.1) is 0 Å². The van der Waals surface area contributed by atoms with E-state index in [1.165, 1.54) is 5.70 Å². The summed E-state index contributed by atoms with van der Waals surface area (Å²) in [5, 5.41) is 0. The van der Waals surface area contributed by atoms with Gasteiger partial charge in [-0.25, -0.2) is 0 Å². The maximum Gasteiger partial charge on any atom is 0.0424 e. The third-order valence-electron chi connectivity index (χ3n) is 1.68. The first-order valence-electron chi connectivity index (χ1n) is 5.64. The summed E-state index contributed by atoms with van der Waals surface area (Å²) in [7, 11) is -0.948. The smallest absolute Gasteiger partial charge is 0.0424 e. The Morgan fingerprint density at radius 2 is 1.65 bits per heavy atom. The van der Waals surface area contributed by atoms with E-state index in [9.17, 15) is 0 Å². The summed E-state index contributed by atoms with van der Waals surface area (Å²) in [5.41, 5.74) is 1.25. The van der Waals surface area contributed by atoms with E-state index in [0.29, 0.717) is 0 Å². The van der Waals surface area contributed by atoms with Crippen LogP contribution in [0.5, 0.6) is 0 Å². The molecular weight excluding hydrogens is 261 g/mol. The van der Waals surface area contributed by atoms with Gasteiger partial charge in [-0.2, -0.15) is 0 Å². The van der Waals surface area contributed by atoms with Crippen LogP contribution in [-0.4, -0.2) is 20.0 Å². The summed E-state index contributed by atoms with van der Waals surface area (Å²) in [4.78, 5) is 0. The van der Waals surface area contributed by atoms with Crippen LogP contribution in [0.15, 0.2) is 53.0 Å². The van der Waals surface area contributed by atoms with Crippen molar-refractivity contribution in [1.82, 2.24) is 0 Å². The maximum absolute atomic E-state index is 4.62. The maximum atomic E-state index is 4.62. The van der Waals surface area contributed by atoms with Crippen molar-refractivity contribution in [3.63, 3.8) is 0 Å². The van der Waals surface area contributed by atoms with Gasteiger partial charge in [0.1, 0.15) is 0 Å². The van der Waals surface area contributed by atoms with Crippen molar-refractivity contribution >= 4 is 7.05 Å². The second kappa shape index (κ2) is 11.0. The van der Waals surface area contributed by atoms with E-state index >= 15 is 0 Å². The van der Waals surface area contributed by atoms with E-state index in [0.717, 1.165) is 6.42 Å². The van der Waals surface area contributed by atoms with E-state index in [4.69, 9.17) is 0 Å². The first kappa shape index (κ1) is 19.2. The second-order valence-electron chi connectivity index (χ2n) is 4.38. The molecule has 0 heterocycles. The number of hydrogen-bond donors (Lipinski definition) is 0. The second-order valence-corrected chi connectivity index (χ2v) is 8.47. The number of rotatable bonds is 2. The first-order chi connectivity index (χ1) is 7.49. The minimum Gasteiger partial charge on any atom is -0.272 e. The van der Waals surface area contributed by atoms with Crippen LogP contribution in [-0.2, 0) is 21.7 Å². The summed E-state index contributed by atoms with van der Waals surface area (Å²) in [6, 6.07) is 0. The van der Waals surface area contributed by atoms with Crippen molar-refractivity contribution in [1.29, 1.82) is 0 Å². The van der Waals surface area contributed by atoms with Gasteiger partial charge in [-0.05, 0) is 47.0 Å². The fraction of sp³-hybridized carbons (Fsp3) is 0.429. The number of nitrogens with zero attached hydrogens (tertiary/aromatic N) is 1. The van der Waals surface area contributed by atoms with E-state index in [1.807, 2.05) is 38.2 Å². The molecule has 0 saturated carbocycles. The molecule has 0 atom stereocenters. The zero-order valence-corrected chi connectivity index (χ0v) is 14.1. The molecule has 0 aliphatic heterocycles. The average molecular weight is 285 g/mol. The quantitative estimate of drug-likeness (QED) is 0.382. The molecule has 1 aliphatic rings. The van der Waals surface area contributed by atoms with Gasteiger partial charge in [0.15, 0.2) is 0 Å². The Balaban J connectivity index is 0. The Morgan fingerprint density at radius 3 is 1.94 bits per heavy atom. The molecule has 0 aromatic carbocycles. The standard InChI is InChI=1S/C8H14NP.C6H10.Ti/c1-10(2,3)9-8-6-4-5-7-8;1-3-5-6-4-2;/h4-6H,7H2,1-3H3;3-6H,1-2H3;. The van der Waals surface area contributed by atoms with Gasteiger partial charge in [-0.3, -0.25) is 4.74 Å². The molecule has 1 nitrogen and oxygen atoms in total. The van der Waals surface area contributed by atoms with E-state index in [1.54, 1.807) is 0 Å². The van der Waals surface area contributed by atoms with Crippen molar-refractivity contribution in [3.8, 4) is 0 Å². The van der Waals surface area contributed by atoms with Gasteiger partial charge in [0.2, 0.25) is 0 Å². The van der Waals surface area contributed by atoms with E-state index in [2.05, 4.69) is 43.0 Å². The van der Waals surface area contributed by atoms with Crippen molar-refractivity contribution < 1.29 is 21.7 Å². The SMILES string of the molecule is CC=CC=CC.CP(C)(C)=NC1=CC=CC1.[Ti]. The Morgan fingerprint density at radius 1 is 1.12 bits per heavy atom. The molecule has 1 rings (SSSR count). The molecule has 3 heteroatoms. The van der Waals surface area contributed by atoms with Crippen molar-refractivity contribution in [2.75, 3.05) is 20.0 Å². The predicted molar refractivity (Wildman–Crippen MR) is 78.6 cm³/mol. The van der Waals surface area contributed by atoms with E-state index in [-0.39, 0.29) is 21.7 Å². The van der Waals surface area contributed by atoms with Gasteiger partial charge >= 0.3 is 0 Å². The molecule has 0 bridgehead atoms. The molecule has 0 amide bonds. The van der Waals surface area contributed by atoms with Crippen molar-refractivity contribution in [2.24, 2.45) is 4.74 Å². The topological polar surface area (TPSA) is 12.4 Å². The van der Waals surface area contributed by atoms with Crippen molar-refractivity contribution in [2.45, 2.75) is 20.3 Å². The van der Waals surface area contributed by atoms with Crippen LogP contribution in [0.25, 0.3) is 0 Å². The molecule has 0 saturated heterocycles. The van der Waals surface area contributed by atoms with Crippen LogP contribution in [0.4, 0.5) is 0 Å². The van der Waals surface area contributed by atoms with Crippen LogP contribution in [0, 0.1) is 0 Å².